The zero-order valence-corrected chi connectivity index (χ0v) is 16.4. The van der Waals surface area contributed by atoms with E-state index in [9.17, 15) is 4.79 Å². The molecule has 0 unspecified atom stereocenters. The third-order valence-electron chi connectivity index (χ3n) is 4.55. The molecule has 2 N–H and O–H groups in total. The van der Waals surface area contributed by atoms with Gasteiger partial charge in [0.05, 0.1) is 11.4 Å². The summed E-state index contributed by atoms with van der Waals surface area (Å²) in [6.45, 7) is 2.02. The number of aromatic amines is 1. The summed E-state index contributed by atoms with van der Waals surface area (Å²) in [7, 11) is 0. The zero-order chi connectivity index (χ0) is 19.3. The molecule has 0 spiro atoms. The molecule has 1 amide bonds. The van der Waals surface area contributed by atoms with E-state index >= 15 is 0 Å². The van der Waals surface area contributed by atoms with Crippen molar-refractivity contribution in [2.45, 2.75) is 18.5 Å². The number of hydrogen-bond acceptors (Lipinski definition) is 3. The third kappa shape index (κ3) is 4.43. The third-order valence-corrected chi connectivity index (χ3v) is 5.42. The minimum atomic E-state index is -0.0426. The molecule has 28 heavy (non-hydrogen) atoms. The van der Waals surface area contributed by atoms with E-state index in [-0.39, 0.29) is 5.91 Å². The van der Waals surface area contributed by atoms with E-state index in [4.69, 9.17) is 0 Å². The van der Waals surface area contributed by atoms with Gasteiger partial charge >= 0.3 is 0 Å². The van der Waals surface area contributed by atoms with Crippen LogP contribution in [0.4, 0.5) is 5.69 Å². The monoisotopic (exact) mass is 387 g/mol. The van der Waals surface area contributed by atoms with Crippen molar-refractivity contribution in [3.63, 3.8) is 0 Å². The second-order valence-electron chi connectivity index (χ2n) is 6.67. The smallest absolute Gasteiger partial charge is 0.234 e. The summed E-state index contributed by atoms with van der Waals surface area (Å²) in [5.74, 6) is 0.267. The Bertz CT molecular complexity index is 1110. The van der Waals surface area contributed by atoms with Crippen LogP contribution in [0.5, 0.6) is 0 Å². The molecule has 0 saturated carbocycles. The topological polar surface area (TPSA) is 57.8 Å². The van der Waals surface area contributed by atoms with Crippen molar-refractivity contribution in [1.29, 1.82) is 0 Å². The van der Waals surface area contributed by atoms with E-state index in [1.165, 1.54) is 17.3 Å². The fraction of sp³-hybridized carbons (Fsp3) is 0.130. The highest BCUT2D eigenvalue weighted by molar-refractivity contribution is 7.99. The first-order chi connectivity index (χ1) is 13.7. The molecule has 4 aromatic rings. The number of amides is 1. The highest BCUT2D eigenvalue weighted by Crippen LogP contribution is 2.21. The van der Waals surface area contributed by atoms with Crippen LogP contribution in [-0.2, 0) is 11.2 Å². The zero-order valence-electron chi connectivity index (χ0n) is 15.6. The molecule has 0 atom stereocenters. The predicted molar refractivity (Wildman–Crippen MR) is 116 cm³/mol. The lowest BCUT2D eigenvalue weighted by molar-refractivity contribution is -0.113. The van der Waals surface area contributed by atoms with Gasteiger partial charge in [-0.1, -0.05) is 72.4 Å². The molecule has 3 aromatic carbocycles. The summed E-state index contributed by atoms with van der Waals surface area (Å²) in [6.07, 6.45) is 0.785. The van der Waals surface area contributed by atoms with Crippen LogP contribution in [0, 0.1) is 6.92 Å². The van der Waals surface area contributed by atoms with Crippen molar-refractivity contribution >= 4 is 34.1 Å². The van der Waals surface area contributed by atoms with Crippen molar-refractivity contribution in [1.82, 2.24) is 9.97 Å². The van der Waals surface area contributed by atoms with Crippen molar-refractivity contribution in [3.8, 4) is 0 Å². The minimum Gasteiger partial charge on any atom is -0.337 e. The number of benzene rings is 3. The summed E-state index contributed by atoms with van der Waals surface area (Å²) < 4.78 is 0. The fourth-order valence-corrected chi connectivity index (χ4v) is 3.83. The van der Waals surface area contributed by atoms with Gasteiger partial charge in [0.1, 0.15) is 0 Å². The van der Waals surface area contributed by atoms with Gasteiger partial charge in [-0.25, -0.2) is 4.98 Å². The van der Waals surface area contributed by atoms with Crippen LogP contribution in [0.25, 0.3) is 10.8 Å². The number of nitrogens with zero attached hydrogens (tertiary/aromatic N) is 1. The van der Waals surface area contributed by atoms with E-state index < -0.39 is 0 Å². The average molecular weight is 388 g/mol. The second-order valence-corrected chi connectivity index (χ2v) is 7.64. The number of aromatic nitrogens is 2. The highest BCUT2D eigenvalue weighted by atomic mass is 32.2. The molecule has 0 saturated heterocycles. The number of anilines is 1. The first kappa shape index (κ1) is 18.3. The molecular weight excluding hydrogens is 366 g/mol. The number of hydrogen-bond donors (Lipinski definition) is 2. The van der Waals surface area contributed by atoms with Crippen LogP contribution in [-0.4, -0.2) is 21.6 Å². The summed E-state index contributed by atoms with van der Waals surface area (Å²) in [5, 5.41) is 6.01. The van der Waals surface area contributed by atoms with Gasteiger partial charge in [0, 0.05) is 17.8 Å². The lowest BCUT2D eigenvalue weighted by Crippen LogP contribution is -2.14. The molecule has 1 aromatic heterocycles. The predicted octanol–water partition coefficient (Wildman–Crippen LogP) is 5.19. The Labute approximate surface area is 168 Å². The second kappa shape index (κ2) is 8.31. The van der Waals surface area contributed by atoms with Crippen LogP contribution >= 0.6 is 11.8 Å². The summed E-state index contributed by atoms with van der Waals surface area (Å²) >= 11 is 1.42. The molecule has 0 fully saturated rings. The summed E-state index contributed by atoms with van der Waals surface area (Å²) in [5.41, 5.74) is 4.09. The normalized spacial score (nSPS) is 10.9. The number of fused-ring (bicyclic) bond motifs is 1. The van der Waals surface area contributed by atoms with Gasteiger partial charge in [0.2, 0.25) is 5.91 Å². The number of H-pyrrole nitrogens is 1. The van der Waals surface area contributed by atoms with Crippen LogP contribution in [0.3, 0.4) is 0 Å². The lowest BCUT2D eigenvalue weighted by atomic mass is 10.1. The van der Waals surface area contributed by atoms with Crippen molar-refractivity contribution in [2.75, 3.05) is 11.1 Å². The number of carbonyl (C=O) groups is 1. The average Bonchev–Trinajstić information content (AvgIpc) is 3.06. The highest BCUT2D eigenvalue weighted by Gasteiger charge is 2.10. The molecule has 0 radical (unpaired) electrons. The van der Waals surface area contributed by atoms with E-state index in [2.05, 4.69) is 33.5 Å². The van der Waals surface area contributed by atoms with Gasteiger partial charge in [-0.2, -0.15) is 0 Å². The van der Waals surface area contributed by atoms with Gasteiger partial charge in [-0.3, -0.25) is 4.79 Å². The molecule has 0 aliphatic heterocycles. The summed E-state index contributed by atoms with van der Waals surface area (Å²) in [6, 6.07) is 24.3. The van der Waals surface area contributed by atoms with Crippen molar-refractivity contribution in [3.05, 3.63) is 89.7 Å². The Kier molecular flexibility index (Phi) is 5.44. The van der Waals surface area contributed by atoms with E-state index in [1.54, 1.807) is 0 Å². The molecule has 0 bridgehead atoms. The van der Waals surface area contributed by atoms with E-state index in [1.807, 2.05) is 61.5 Å². The van der Waals surface area contributed by atoms with Gasteiger partial charge < -0.3 is 10.3 Å². The molecule has 140 valence electrons. The number of imidazole rings is 1. The number of aryl methyl sites for hydroxylation is 1. The van der Waals surface area contributed by atoms with E-state index in [0.717, 1.165) is 39.4 Å². The first-order valence-corrected chi connectivity index (χ1v) is 10.2. The quantitative estimate of drug-likeness (QED) is 0.448. The van der Waals surface area contributed by atoms with Gasteiger partial charge in [0.25, 0.3) is 0 Å². The number of carbonyl (C=O) groups excluding carboxylic acids is 1. The van der Waals surface area contributed by atoms with Crippen LogP contribution in [0.2, 0.25) is 0 Å². The fourth-order valence-electron chi connectivity index (χ4n) is 3.09. The molecule has 1 heterocycles. The van der Waals surface area contributed by atoms with E-state index in [0.29, 0.717) is 5.75 Å². The maximum Gasteiger partial charge on any atom is 0.234 e. The first-order valence-electron chi connectivity index (χ1n) is 9.18. The maximum atomic E-state index is 12.3. The van der Waals surface area contributed by atoms with Crippen LogP contribution in [0.1, 0.15) is 17.0 Å². The largest absolute Gasteiger partial charge is 0.337 e. The Morgan fingerprint density at radius 1 is 1.00 bits per heavy atom. The molecule has 5 heteroatoms. The molecule has 0 aliphatic rings. The lowest BCUT2D eigenvalue weighted by Gasteiger charge is -2.06. The molecule has 4 nitrogen and oxygen atoms in total. The number of rotatable bonds is 6. The SMILES string of the molecule is Cc1[nH]c(SCC(=O)Nc2ccc3ccccc3c2)nc1Cc1ccccc1. The van der Waals surface area contributed by atoms with Crippen molar-refractivity contribution in [2.24, 2.45) is 0 Å². The standard InChI is InChI=1S/C23H21N3OS/c1-16-21(13-17-7-3-2-4-8-17)26-23(24-16)28-15-22(27)25-20-12-11-18-9-5-6-10-19(18)14-20/h2-12,14H,13,15H2,1H3,(H,24,26)(H,25,27). The Balaban J connectivity index is 1.36. The number of nitrogens with one attached hydrogen (secondary N) is 2. The molecular formula is C23H21N3OS. The minimum absolute atomic E-state index is 0.0426. The molecule has 4 rings (SSSR count). The molecule has 0 aliphatic carbocycles. The Hall–Kier alpha value is -3.05. The Morgan fingerprint density at radius 3 is 2.57 bits per heavy atom. The van der Waals surface area contributed by atoms with Crippen LogP contribution < -0.4 is 5.32 Å². The van der Waals surface area contributed by atoms with Gasteiger partial charge in [-0.15, -0.1) is 0 Å². The number of thioether (sulfide) groups is 1. The van der Waals surface area contributed by atoms with Crippen LogP contribution in [0.15, 0.2) is 78.0 Å². The Morgan fingerprint density at radius 2 is 1.75 bits per heavy atom. The maximum absolute atomic E-state index is 12.3. The van der Waals surface area contributed by atoms with Gasteiger partial charge in [-0.05, 0) is 35.4 Å². The van der Waals surface area contributed by atoms with Gasteiger partial charge in [0.15, 0.2) is 5.16 Å². The summed E-state index contributed by atoms with van der Waals surface area (Å²) in [4.78, 5) is 20.3. The van der Waals surface area contributed by atoms with Crippen molar-refractivity contribution < 1.29 is 4.79 Å².